The van der Waals surface area contributed by atoms with E-state index in [1.165, 1.54) is 34.1 Å². The van der Waals surface area contributed by atoms with Crippen molar-refractivity contribution < 1.29 is 23.6 Å². The van der Waals surface area contributed by atoms with Gasteiger partial charge in [0.1, 0.15) is 17.9 Å². The van der Waals surface area contributed by atoms with Gasteiger partial charge in [-0.25, -0.2) is 9.18 Å². The van der Waals surface area contributed by atoms with E-state index in [1.54, 1.807) is 13.8 Å². The van der Waals surface area contributed by atoms with Gasteiger partial charge in [0.2, 0.25) is 5.91 Å². The number of nitrogens with one attached hydrogen (secondary N) is 2. The Morgan fingerprint density at radius 3 is 2.48 bits per heavy atom. The molecule has 2 N–H and O–H groups in total. The van der Waals surface area contributed by atoms with Crippen LogP contribution in [0.1, 0.15) is 24.2 Å². The van der Waals surface area contributed by atoms with Crippen LogP contribution in [0.4, 0.5) is 9.18 Å². The van der Waals surface area contributed by atoms with Crippen LogP contribution in [0.15, 0.2) is 24.3 Å². The Kier molecular flexibility index (Phi) is 5.11. The molecule has 0 bridgehead atoms. The first-order chi connectivity index (χ1) is 12.8. The smallest absolute Gasteiger partial charge is 0.324 e. The summed E-state index contributed by atoms with van der Waals surface area (Å²) in [6.07, 6.45) is 0. The third-order valence-electron chi connectivity index (χ3n) is 4.81. The topological polar surface area (TPSA) is 98.8 Å². The predicted molar refractivity (Wildman–Crippen MR) is 93.1 cm³/mol. The third kappa shape index (κ3) is 3.76. The van der Waals surface area contributed by atoms with Gasteiger partial charge in [-0.1, -0.05) is 13.8 Å². The molecule has 1 aromatic carbocycles. The Balaban J connectivity index is 1.70. The van der Waals surface area contributed by atoms with Crippen molar-refractivity contribution in [3.05, 3.63) is 35.6 Å². The fourth-order valence-electron chi connectivity index (χ4n) is 3.25. The monoisotopic (exact) mass is 376 g/mol. The summed E-state index contributed by atoms with van der Waals surface area (Å²) in [4.78, 5) is 51.8. The van der Waals surface area contributed by atoms with Crippen molar-refractivity contribution in [3.8, 4) is 0 Å². The average Bonchev–Trinajstić information content (AvgIpc) is 2.93. The molecule has 0 aromatic heterocycles. The zero-order valence-electron chi connectivity index (χ0n) is 15.1. The van der Waals surface area contributed by atoms with E-state index in [1.807, 2.05) is 0 Å². The minimum atomic E-state index is -0.797. The number of fused-ring (bicyclic) bond motifs is 1. The van der Waals surface area contributed by atoms with Crippen LogP contribution in [0, 0.1) is 11.7 Å². The lowest BCUT2D eigenvalue weighted by atomic mass is 10.0. The van der Waals surface area contributed by atoms with E-state index in [4.69, 9.17) is 0 Å². The summed E-state index contributed by atoms with van der Waals surface area (Å²) < 4.78 is 13.0. The molecular formula is C18H21FN4O4. The highest BCUT2D eigenvalue weighted by atomic mass is 19.1. The van der Waals surface area contributed by atoms with Gasteiger partial charge in [-0.3, -0.25) is 19.7 Å². The van der Waals surface area contributed by atoms with Crippen LogP contribution in [0.5, 0.6) is 0 Å². The van der Waals surface area contributed by atoms with Gasteiger partial charge in [-0.2, -0.15) is 0 Å². The van der Waals surface area contributed by atoms with Gasteiger partial charge in [-0.05, 0) is 30.2 Å². The van der Waals surface area contributed by atoms with Gasteiger partial charge in [0, 0.05) is 18.7 Å². The van der Waals surface area contributed by atoms with Crippen LogP contribution in [0.2, 0.25) is 0 Å². The van der Waals surface area contributed by atoms with Crippen LogP contribution in [0.3, 0.4) is 0 Å². The second-order valence-corrected chi connectivity index (χ2v) is 6.99. The number of carbonyl (C=O) groups is 4. The number of halogens is 1. The Morgan fingerprint density at radius 2 is 1.85 bits per heavy atom. The fourth-order valence-corrected chi connectivity index (χ4v) is 3.25. The molecular weight excluding hydrogens is 355 g/mol. The fraction of sp³-hybridized carbons (Fsp3) is 0.444. The third-order valence-corrected chi connectivity index (χ3v) is 4.81. The molecule has 0 spiro atoms. The number of nitrogens with zero attached hydrogens (tertiary/aromatic N) is 2. The molecule has 0 saturated carbocycles. The van der Waals surface area contributed by atoms with Crippen LogP contribution in [-0.2, 0) is 9.59 Å². The van der Waals surface area contributed by atoms with Crippen LogP contribution < -0.4 is 10.6 Å². The molecule has 27 heavy (non-hydrogen) atoms. The maximum atomic E-state index is 13.0. The SMILES string of the molecule is CC(C)C(NC(=O)c1ccc(F)cc1)C(=O)N1CCN2C(=O)NC(=O)C2C1. The van der Waals surface area contributed by atoms with Crippen molar-refractivity contribution in [2.24, 2.45) is 5.92 Å². The lowest BCUT2D eigenvalue weighted by Crippen LogP contribution is -2.59. The molecule has 5 amide bonds. The first-order valence-electron chi connectivity index (χ1n) is 8.74. The minimum absolute atomic E-state index is 0.0893. The van der Waals surface area contributed by atoms with Gasteiger partial charge < -0.3 is 15.1 Å². The molecule has 2 unspecified atom stereocenters. The van der Waals surface area contributed by atoms with E-state index in [-0.39, 0.29) is 37.0 Å². The van der Waals surface area contributed by atoms with Gasteiger partial charge in [0.05, 0.1) is 6.54 Å². The molecule has 0 radical (unpaired) electrons. The van der Waals surface area contributed by atoms with Crippen molar-refractivity contribution in [2.45, 2.75) is 25.9 Å². The molecule has 0 aliphatic carbocycles. The molecule has 144 valence electrons. The molecule has 3 rings (SSSR count). The second kappa shape index (κ2) is 7.34. The first-order valence-corrected chi connectivity index (χ1v) is 8.74. The number of benzene rings is 1. The zero-order valence-corrected chi connectivity index (χ0v) is 15.1. The number of hydrogen-bond donors (Lipinski definition) is 2. The molecule has 2 aliphatic heterocycles. The minimum Gasteiger partial charge on any atom is -0.340 e. The summed E-state index contributed by atoms with van der Waals surface area (Å²) in [5, 5.41) is 4.93. The molecule has 8 nitrogen and oxygen atoms in total. The van der Waals surface area contributed by atoms with Gasteiger partial charge in [-0.15, -0.1) is 0 Å². The number of amides is 5. The second-order valence-electron chi connectivity index (χ2n) is 6.99. The van der Waals surface area contributed by atoms with Crippen LogP contribution in [-0.4, -0.2) is 65.3 Å². The summed E-state index contributed by atoms with van der Waals surface area (Å²) in [5.41, 5.74) is 0.250. The lowest BCUT2D eigenvalue weighted by molar-refractivity contribution is -0.137. The Morgan fingerprint density at radius 1 is 1.19 bits per heavy atom. The van der Waals surface area contributed by atoms with Crippen molar-refractivity contribution in [1.29, 1.82) is 0 Å². The summed E-state index contributed by atoms with van der Waals surface area (Å²) >= 11 is 0. The largest absolute Gasteiger partial charge is 0.340 e. The highest BCUT2D eigenvalue weighted by Gasteiger charge is 2.44. The Hall–Kier alpha value is -2.97. The van der Waals surface area contributed by atoms with Crippen molar-refractivity contribution in [3.63, 3.8) is 0 Å². The van der Waals surface area contributed by atoms with Crippen molar-refractivity contribution >= 4 is 23.8 Å². The maximum absolute atomic E-state index is 13.0. The molecule has 2 atom stereocenters. The number of carbonyl (C=O) groups excluding carboxylic acids is 4. The van der Waals surface area contributed by atoms with Crippen molar-refractivity contribution in [1.82, 2.24) is 20.4 Å². The van der Waals surface area contributed by atoms with E-state index >= 15 is 0 Å². The molecule has 1 aromatic rings. The lowest BCUT2D eigenvalue weighted by Gasteiger charge is -2.37. The predicted octanol–water partition coefficient (Wildman–Crippen LogP) is 0.343. The highest BCUT2D eigenvalue weighted by molar-refractivity contribution is 6.05. The number of imide groups is 1. The number of urea groups is 1. The summed E-state index contributed by atoms with van der Waals surface area (Å²) in [7, 11) is 0. The molecule has 2 saturated heterocycles. The highest BCUT2D eigenvalue weighted by Crippen LogP contribution is 2.18. The Labute approximate surface area is 155 Å². The summed E-state index contributed by atoms with van der Waals surface area (Å²) in [6, 6.07) is 3.11. The quantitative estimate of drug-likeness (QED) is 0.741. The summed E-state index contributed by atoms with van der Waals surface area (Å²) in [6.45, 7) is 4.23. The molecule has 9 heteroatoms. The van der Waals surface area contributed by atoms with E-state index in [0.29, 0.717) is 0 Å². The van der Waals surface area contributed by atoms with Crippen LogP contribution >= 0.6 is 0 Å². The molecule has 2 fully saturated rings. The van der Waals surface area contributed by atoms with E-state index in [9.17, 15) is 23.6 Å². The van der Waals surface area contributed by atoms with Gasteiger partial charge in [0.15, 0.2) is 0 Å². The van der Waals surface area contributed by atoms with Gasteiger partial charge >= 0.3 is 6.03 Å². The first kappa shape index (κ1) is 18.8. The van der Waals surface area contributed by atoms with E-state index in [0.717, 1.165) is 0 Å². The molecule has 2 aliphatic rings. The van der Waals surface area contributed by atoms with Crippen LogP contribution in [0.25, 0.3) is 0 Å². The zero-order chi connectivity index (χ0) is 19.7. The maximum Gasteiger partial charge on any atom is 0.324 e. The van der Waals surface area contributed by atoms with E-state index < -0.39 is 35.7 Å². The number of rotatable bonds is 4. The van der Waals surface area contributed by atoms with Crippen molar-refractivity contribution in [2.75, 3.05) is 19.6 Å². The van der Waals surface area contributed by atoms with Gasteiger partial charge in [0.25, 0.3) is 11.8 Å². The number of hydrogen-bond acceptors (Lipinski definition) is 4. The van der Waals surface area contributed by atoms with E-state index in [2.05, 4.69) is 10.6 Å². The number of piperazine rings is 1. The molecule has 2 heterocycles. The Bertz CT molecular complexity index is 780. The average molecular weight is 376 g/mol. The standard InChI is InChI=1S/C18H21FN4O4/c1-10(2)14(20-15(24)11-3-5-12(19)6-4-11)17(26)22-7-8-23-13(9-22)16(25)21-18(23)27/h3-6,10,13-14H,7-9H2,1-2H3,(H,20,24)(H,21,25,27). The summed E-state index contributed by atoms with van der Waals surface area (Å²) in [5.74, 6) is -1.86. The normalized spacial score (nSPS) is 20.4.